The molecule has 6 nitrogen and oxygen atoms in total. The maximum Gasteiger partial charge on any atom is 0.236 e. The van der Waals surface area contributed by atoms with Crippen molar-refractivity contribution < 1.29 is 13.2 Å². The Kier molecular flexibility index (Phi) is 4.68. The van der Waals surface area contributed by atoms with Crippen molar-refractivity contribution in [3.63, 3.8) is 0 Å². The summed E-state index contributed by atoms with van der Waals surface area (Å²) in [6, 6.07) is 9.34. The van der Waals surface area contributed by atoms with E-state index in [1.165, 1.54) is 15.9 Å². The fraction of sp³-hybridized carbons (Fsp3) is 0.250. The Morgan fingerprint density at radius 2 is 2.04 bits per heavy atom. The van der Waals surface area contributed by atoms with Gasteiger partial charge in [-0.15, -0.1) is 0 Å². The molecular weight excluding hydrogens is 314 g/mol. The predicted molar refractivity (Wildman–Crippen MR) is 87.0 cm³/mol. The fourth-order valence-electron chi connectivity index (χ4n) is 2.36. The molecule has 120 valence electrons. The molecule has 1 aliphatic heterocycles. The molecule has 23 heavy (non-hydrogen) atoms. The van der Waals surface area contributed by atoms with Gasteiger partial charge in [0.05, 0.1) is 12.7 Å². The van der Waals surface area contributed by atoms with Gasteiger partial charge in [0.15, 0.2) is 0 Å². The van der Waals surface area contributed by atoms with Crippen LogP contribution in [0.2, 0.25) is 0 Å². The van der Waals surface area contributed by atoms with Crippen LogP contribution in [0.3, 0.4) is 0 Å². The van der Waals surface area contributed by atoms with Crippen molar-refractivity contribution in [2.24, 2.45) is 0 Å². The predicted octanol–water partition coefficient (Wildman–Crippen LogP) is 1.93. The Hall–Kier alpha value is -2.25. The number of hydrogen-bond acceptors (Lipinski definition) is 5. The average molecular weight is 331 g/mol. The first-order valence-electron chi connectivity index (χ1n) is 7.29. The first kappa shape index (κ1) is 15.6. The Labute approximate surface area is 135 Å². The lowest BCUT2D eigenvalue weighted by molar-refractivity contribution is 0.206. The molecule has 2 heterocycles. The minimum Gasteiger partial charge on any atom is -0.472 e. The van der Waals surface area contributed by atoms with Gasteiger partial charge in [-0.25, -0.2) is 13.4 Å². The van der Waals surface area contributed by atoms with Crippen molar-refractivity contribution >= 4 is 16.1 Å². The summed E-state index contributed by atoms with van der Waals surface area (Å²) in [5.41, 5.74) is 0.850. The van der Waals surface area contributed by atoms with E-state index in [0.717, 1.165) is 5.56 Å². The van der Waals surface area contributed by atoms with Crippen molar-refractivity contribution in [3.8, 4) is 5.88 Å². The second-order valence-corrected chi connectivity index (χ2v) is 7.01. The third-order valence-electron chi connectivity index (χ3n) is 3.53. The molecule has 0 aliphatic carbocycles. The highest BCUT2D eigenvalue weighted by Gasteiger charge is 2.31. The Balaban J connectivity index is 1.62. The van der Waals surface area contributed by atoms with E-state index in [4.69, 9.17) is 4.74 Å². The Bertz CT molecular complexity index is 764. The summed E-state index contributed by atoms with van der Waals surface area (Å²) in [7, 11) is -3.45. The molecule has 1 aliphatic rings. The molecule has 1 aromatic carbocycles. The van der Waals surface area contributed by atoms with Crippen LogP contribution in [0.5, 0.6) is 5.88 Å². The highest BCUT2D eigenvalue weighted by molar-refractivity contribution is 7.92. The van der Waals surface area contributed by atoms with Gasteiger partial charge in [0, 0.05) is 24.3 Å². The van der Waals surface area contributed by atoms with Crippen LogP contribution in [0.25, 0.3) is 6.08 Å². The van der Waals surface area contributed by atoms with Gasteiger partial charge in [0.2, 0.25) is 15.9 Å². The molecule has 0 N–H and O–H groups in total. The number of nitrogens with zero attached hydrogens (tertiary/aromatic N) is 3. The van der Waals surface area contributed by atoms with Crippen LogP contribution in [0.15, 0.2) is 54.3 Å². The number of benzene rings is 1. The van der Waals surface area contributed by atoms with Crippen molar-refractivity contribution in [2.75, 3.05) is 13.1 Å². The van der Waals surface area contributed by atoms with Gasteiger partial charge in [-0.3, -0.25) is 4.98 Å². The minimum atomic E-state index is -3.45. The van der Waals surface area contributed by atoms with Crippen LogP contribution >= 0.6 is 0 Å². The normalized spacial score (nSPS) is 19.2. The minimum absolute atomic E-state index is 0.202. The molecule has 1 saturated heterocycles. The number of rotatable bonds is 5. The average Bonchev–Trinajstić information content (AvgIpc) is 3.04. The highest BCUT2D eigenvalue weighted by Crippen LogP contribution is 2.19. The van der Waals surface area contributed by atoms with E-state index in [1.54, 1.807) is 18.5 Å². The van der Waals surface area contributed by atoms with Gasteiger partial charge in [0.1, 0.15) is 6.10 Å². The molecule has 0 saturated carbocycles. The molecule has 1 fully saturated rings. The van der Waals surface area contributed by atoms with E-state index < -0.39 is 10.0 Å². The largest absolute Gasteiger partial charge is 0.472 e. The first-order chi connectivity index (χ1) is 11.1. The molecule has 1 unspecified atom stereocenters. The zero-order valence-corrected chi connectivity index (χ0v) is 13.3. The van der Waals surface area contributed by atoms with Crippen LogP contribution in [-0.2, 0) is 10.0 Å². The van der Waals surface area contributed by atoms with E-state index in [2.05, 4.69) is 9.97 Å². The van der Waals surface area contributed by atoms with E-state index in [-0.39, 0.29) is 6.10 Å². The van der Waals surface area contributed by atoms with Gasteiger partial charge in [-0.1, -0.05) is 30.3 Å². The lowest BCUT2D eigenvalue weighted by Crippen LogP contribution is -2.29. The van der Waals surface area contributed by atoms with Crippen molar-refractivity contribution in [2.45, 2.75) is 12.5 Å². The zero-order valence-electron chi connectivity index (χ0n) is 12.4. The molecule has 0 amide bonds. The van der Waals surface area contributed by atoms with Crippen molar-refractivity contribution in [3.05, 3.63) is 59.9 Å². The van der Waals surface area contributed by atoms with Crippen molar-refractivity contribution in [1.29, 1.82) is 0 Å². The van der Waals surface area contributed by atoms with Gasteiger partial charge in [-0.2, -0.15) is 4.31 Å². The lowest BCUT2D eigenvalue weighted by Gasteiger charge is -2.14. The van der Waals surface area contributed by atoms with Crippen molar-refractivity contribution in [1.82, 2.24) is 14.3 Å². The highest BCUT2D eigenvalue weighted by atomic mass is 32.2. The monoisotopic (exact) mass is 331 g/mol. The first-order valence-corrected chi connectivity index (χ1v) is 8.80. The third-order valence-corrected chi connectivity index (χ3v) is 5.06. The quantitative estimate of drug-likeness (QED) is 0.837. The van der Waals surface area contributed by atoms with Crippen LogP contribution in [0.4, 0.5) is 0 Å². The Morgan fingerprint density at radius 1 is 1.22 bits per heavy atom. The molecular formula is C16H17N3O3S. The molecule has 1 aromatic heterocycles. The van der Waals surface area contributed by atoms with E-state index in [1.807, 2.05) is 30.3 Å². The maximum atomic E-state index is 12.4. The molecule has 0 radical (unpaired) electrons. The number of aromatic nitrogens is 2. The second-order valence-electron chi connectivity index (χ2n) is 5.19. The molecule has 1 atom stereocenters. The summed E-state index contributed by atoms with van der Waals surface area (Å²) in [6.07, 6.45) is 6.66. The zero-order chi connectivity index (χ0) is 16.1. The van der Waals surface area contributed by atoms with E-state index in [0.29, 0.717) is 25.4 Å². The number of hydrogen-bond donors (Lipinski definition) is 0. The summed E-state index contributed by atoms with van der Waals surface area (Å²) in [5.74, 6) is 0.413. The smallest absolute Gasteiger partial charge is 0.236 e. The van der Waals surface area contributed by atoms with Crippen LogP contribution in [0.1, 0.15) is 12.0 Å². The third kappa shape index (κ3) is 4.14. The molecule has 0 spiro atoms. The number of ether oxygens (including phenoxy) is 1. The number of sulfonamides is 1. The van der Waals surface area contributed by atoms with Gasteiger partial charge in [0.25, 0.3) is 0 Å². The summed E-state index contributed by atoms with van der Waals surface area (Å²) < 4.78 is 31.8. The summed E-state index contributed by atoms with van der Waals surface area (Å²) >= 11 is 0. The SMILES string of the molecule is O=S(=O)(C=Cc1ccccc1)N1CCC(Oc2cnccn2)C1. The topological polar surface area (TPSA) is 72.4 Å². The molecule has 0 bridgehead atoms. The second kappa shape index (κ2) is 6.89. The van der Waals surface area contributed by atoms with E-state index in [9.17, 15) is 8.42 Å². The van der Waals surface area contributed by atoms with Gasteiger partial charge < -0.3 is 4.74 Å². The summed E-state index contributed by atoms with van der Waals surface area (Å²) in [6.45, 7) is 0.754. The van der Waals surface area contributed by atoms with Crippen LogP contribution in [-0.4, -0.2) is 41.9 Å². The van der Waals surface area contributed by atoms with E-state index >= 15 is 0 Å². The summed E-state index contributed by atoms with van der Waals surface area (Å²) in [5, 5.41) is 1.24. The van der Waals surface area contributed by atoms with Gasteiger partial charge >= 0.3 is 0 Å². The lowest BCUT2D eigenvalue weighted by atomic mass is 10.2. The fourth-order valence-corrected chi connectivity index (χ4v) is 3.59. The molecule has 3 rings (SSSR count). The van der Waals surface area contributed by atoms with Crippen LogP contribution in [0, 0.1) is 0 Å². The molecule has 2 aromatic rings. The summed E-state index contributed by atoms with van der Waals surface area (Å²) in [4.78, 5) is 7.97. The van der Waals surface area contributed by atoms with Gasteiger partial charge in [-0.05, 0) is 18.1 Å². The van der Waals surface area contributed by atoms with Crippen LogP contribution < -0.4 is 4.74 Å². The standard InChI is InChI=1S/C16H17N3O3S/c20-23(21,11-7-14-4-2-1-3-5-14)19-10-6-15(13-19)22-16-12-17-8-9-18-16/h1-5,7-9,11-12,15H,6,10,13H2. The molecule has 7 heteroatoms. The maximum absolute atomic E-state index is 12.4. The Morgan fingerprint density at radius 3 is 2.78 bits per heavy atom.